The fraction of sp³-hybridized carbons (Fsp3) is 0.556. The largest absolute Gasteiger partial charge is 1.00 e. The predicted octanol–water partition coefficient (Wildman–Crippen LogP) is -20.8. The summed E-state index contributed by atoms with van der Waals surface area (Å²) < 4.78 is 61.4. The number of hydrogen-bond donors (Lipinski definition) is 10. The van der Waals surface area contributed by atoms with Crippen molar-refractivity contribution in [2.75, 3.05) is 13.2 Å². The molecule has 4 heterocycles. The Kier molecular flexibility index (Phi) is 28.3. The van der Waals surface area contributed by atoms with Gasteiger partial charge in [-0.1, -0.05) is 0 Å². The zero-order chi connectivity index (χ0) is 39.3. The molecule has 37 heteroatoms. The van der Waals surface area contributed by atoms with Crippen LogP contribution in [0.5, 0.6) is 0 Å². The summed E-state index contributed by atoms with van der Waals surface area (Å²) in [5.74, 6) is 0. The van der Waals surface area contributed by atoms with E-state index in [0.29, 0.717) is 0 Å². The van der Waals surface area contributed by atoms with Crippen LogP contribution in [0.1, 0.15) is 12.5 Å². The fourth-order valence-corrected chi connectivity index (χ4v) is 7.66. The minimum atomic E-state index is -6.20. The Labute approximate surface area is 393 Å². The third kappa shape index (κ3) is 19.9. The molecule has 0 saturated carbocycles. The van der Waals surface area contributed by atoms with Crippen molar-refractivity contribution >= 4 is 31.3 Å². The topological polar surface area (TPSA) is 478 Å². The molecule has 2 aliphatic rings. The summed E-state index contributed by atoms with van der Waals surface area (Å²) in [5.41, 5.74) is -2.66. The smallest absolute Gasteiger partial charge is 0.790 e. The number of aliphatic hydroxyl groups excluding tert-OH is 6. The van der Waals surface area contributed by atoms with E-state index in [1.807, 2.05) is 9.97 Å². The monoisotopic (exact) mass is 914 g/mol. The zero-order valence-electron chi connectivity index (χ0n) is 28.5. The molecule has 0 amide bonds. The van der Waals surface area contributed by atoms with Crippen molar-refractivity contribution in [1.82, 2.24) is 19.1 Å². The standard InChI is InChI=1S/2C9H12N2O6.4Na.H6O13P4/c2*12-3-4-6(14)7(15)8(17-4)11-2-1-5(13)10-9(11)16;;;;;1-14(2,3)11-16(7,8)13-17(9,10)12-15(4,5)6/h2*1-2,4,6-8,12,14-15H,3H2,(H,10,13,16);;;;;(H,7,8)(H,9,10)(H2,1,2,3)(H2,4,5,6)/q;;4*+1;/p-4/t2*4-,6-,7-,8-;;;;;/m11...../s1. The molecule has 0 bridgehead atoms. The Balaban J connectivity index is -0.000000712. The Morgan fingerprint density at radius 3 is 1.20 bits per heavy atom. The SMILES string of the molecule is O=P([O-])([O-])OP(=O)([O-])OP(=O)([O-])OP(=O)(O)O.O=c1ccn([C@@H]2O[C@H](CO)[C@@H](O)[C@H]2O)c(=O)[nH]1.O=c1ccn([C@@H]2O[C@H](CO)[C@@H](O)[C@H]2O)c(=O)[nH]1.[Na+].[Na+].[Na+].[Na+]. The third-order valence-electron chi connectivity index (χ3n) is 5.89. The molecule has 292 valence electrons. The van der Waals surface area contributed by atoms with Gasteiger partial charge in [0.25, 0.3) is 26.8 Å². The van der Waals surface area contributed by atoms with Gasteiger partial charge in [-0.15, -0.1) is 0 Å². The van der Waals surface area contributed by atoms with Gasteiger partial charge in [-0.3, -0.25) is 42.1 Å². The van der Waals surface area contributed by atoms with E-state index in [4.69, 9.17) is 29.5 Å². The fourth-order valence-electron chi connectivity index (χ4n) is 3.88. The molecule has 2 unspecified atom stereocenters. The summed E-state index contributed by atoms with van der Waals surface area (Å²) in [6, 6.07) is 2.19. The number of nitrogens with one attached hydrogen (secondary N) is 2. The van der Waals surface area contributed by atoms with Crippen molar-refractivity contribution in [1.29, 1.82) is 0 Å². The molecule has 10 N–H and O–H groups in total. The van der Waals surface area contributed by atoms with Gasteiger partial charge >= 0.3 is 137 Å². The van der Waals surface area contributed by atoms with Gasteiger partial charge in [0.05, 0.1) is 21.0 Å². The van der Waals surface area contributed by atoms with E-state index in [9.17, 15) is 77.4 Å². The number of phosphoric acid groups is 4. The first-order valence-corrected chi connectivity index (χ1v) is 18.8. The van der Waals surface area contributed by atoms with Gasteiger partial charge in [0.2, 0.25) is 0 Å². The van der Waals surface area contributed by atoms with Crippen molar-refractivity contribution in [2.45, 2.75) is 49.1 Å². The molecule has 2 aromatic rings. The number of aliphatic hydroxyl groups is 6. The molecule has 29 nitrogen and oxygen atoms in total. The molecule has 0 spiro atoms. The Hall–Kier alpha value is 1.60. The van der Waals surface area contributed by atoms with Crippen LogP contribution in [0.3, 0.4) is 0 Å². The molecule has 0 aromatic carbocycles. The number of aromatic amines is 2. The van der Waals surface area contributed by atoms with Crippen LogP contribution in [0.15, 0.2) is 43.7 Å². The zero-order valence-corrected chi connectivity index (χ0v) is 40.1. The van der Waals surface area contributed by atoms with Crippen LogP contribution in [0.2, 0.25) is 0 Å². The van der Waals surface area contributed by atoms with Gasteiger partial charge in [-0.25, -0.2) is 22.8 Å². The molecule has 2 saturated heterocycles. The van der Waals surface area contributed by atoms with Gasteiger partial charge in [0.1, 0.15) is 36.6 Å². The van der Waals surface area contributed by atoms with E-state index in [1.54, 1.807) is 0 Å². The first-order chi connectivity index (χ1) is 23.2. The molecular formula is C18H26N4Na4O25P4. The number of nitrogens with zero attached hydrogens (tertiary/aromatic N) is 2. The molecular weight excluding hydrogens is 888 g/mol. The van der Waals surface area contributed by atoms with Crippen LogP contribution in [-0.2, 0) is 40.7 Å². The molecule has 4 rings (SSSR count). The Bertz CT molecular complexity index is 1800. The first-order valence-electron chi connectivity index (χ1n) is 12.9. The van der Waals surface area contributed by atoms with Crippen LogP contribution in [0.4, 0.5) is 0 Å². The van der Waals surface area contributed by atoms with Crippen LogP contribution >= 0.6 is 31.3 Å². The minimum Gasteiger partial charge on any atom is -0.790 e. The van der Waals surface area contributed by atoms with Crippen LogP contribution < -0.4 is 160 Å². The minimum absolute atomic E-state index is 0. The van der Waals surface area contributed by atoms with E-state index in [0.717, 1.165) is 33.7 Å². The maximum atomic E-state index is 11.4. The molecule has 2 fully saturated rings. The van der Waals surface area contributed by atoms with Crippen molar-refractivity contribution in [3.05, 3.63) is 66.2 Å². The average Bonchev–Trinajstić information content (AvgIpc) is 3.40. The molecule has 0 radical (unpaired) electrons. The van der Waals surface area contributed by atoms with Gasteiger partial charge < -0.3 is 74.0 Å². The second-order valence-electron chi connectivity index (χ2n) is 9.57. The Morgan fingerprint density at radius 2 is 0.945 bits per heavy atom. The molecule has 2 aliphatic heterocycles. The average molecular weight is 914 g/mol. The Morgan fingerprint density at radius 1 is 0.618 bits per heavy atom. The molecule has 55 heavy (non-hydrogen) atoms. The third-order valence-corrected chi connectivity index (χ3v) is 10.7. The summed E-state index contributed by atoms with van der Waals surface area (Å²) in [6.45, 7) is -0.959. The van der Waals surface area contributed by atoms with Crippen LogP contribution in [-0.4, -0.2) is 109 Å². The van der Waals surface area contributed by atoms with Crippen molar-refractivity contribution in [3.63, 3.8) is 0 Å². The summed E-state index contributed by atoms with van der Waals surface area (Å²) in [5, 5.41) is 56.1. The number of ether oxygens (including phenoxy) is 2. The van der Waals surface area contributed by atoms with E-state index in [1.165, 1.54) is 0 Å². The number of H-pyrrole nitrogens is 2. The van der Waals surface area contributed by atoms with Gasteiger partial charge in [0.15, 0.2) is 12.5 Å². The second-order valence-corrected chi connectivity index (χ2v) is 15.2. The van der Waals surface area contributed by atoms with E-state index in [-0.39, 0.29) is 118 Å². The second kappa shape index (κ2) is 25.5. The summed E-state index contributed by atoms with van der Waals surface area (Å²) in [6.07, 6.45) is -7.16. The van der Waals surface area contributed by atoms with Gasteiger partial charge in [-0.2, -0.15) is 0 Å². The van der Waals surface area contributed by atoms with Gasteiger partial charge in [0, 0.05) is 24.5 Å². The van der Waals surface area contributed by atoms with Crippen molar-refractivity contribution in [3.8, 4) is 0 Å². The number of rotatable bonds is 10. The van der Waals surface area contributed by atoms with Gasteiger partial charge in [-0.05, 0) is 0 Å². The van der Waals surface area contributed by atoms with Crippen LogP contribution in [0, 0.1) is 0 Å². The maximum absolute atomic E-state index is 11.4. The summed E-state index contributed by atoms with van der Waals surface area (Å²) in [4.78, 5) is 105. The van der Waals surface area contributed by atoms with E-state index < -0.39 is 116 Å². The number of aromatic nitrogens is 4. The van der Waals surface area contributed by atoms with E-state index >= 15 is 0 Å². The van der Waals surface area contributed by atoms with Crippen molar-refractivity contribution < 1.29 is 219 Å². The summed E-state index contributed by atoms with van der Waals surface area (Å²) in [7, 11) is -24.1. The quantitative estimate of drug-likeness (QED) is 0.0781. The molecule has 0 aliphatic carbocycles. The summed E-state index contributed by atoms with van der Waals surface area (Å²) >= 11 is 0. The maximum Gasteiger partial charge on any atom is 1.00 e. The predicted molar refractivity (Wildman–Crippen MR) is 147 cm³/mol. The van der Waals surface area contributed by atoms with Crippen LogP contribution in [0.25, 0.3) is 0 Å². The normalized spacial score (nSPS) is 26.7. The number of hydrogen-bond acceptors (Lipinski definition) is 23. The molecule has 2 aromatic heterocycles. The van der Waals surface area contributed by atoms with Crippen molar-refractivity contribution in [2.24, 2.45) is 0 Å². The first kappa shape index (κ1) is 60.9. The molecule has 10 atom stereocenters. The van der Waals surface area contributed by atoms with E-state index in [2.05, 4.69) is 12.9 Å².